The summed E-state index contributed by atoms with van der Waals surface area (Å²) in [5.74, 6) is -2.89. The molecular weight excluding hydrogens is 134 g/mol. The number of hydrogen-bond donors (Lipinski definition) is 2. The van der Waals surface area contributed by atoms with Gasteiger partial charge in [0.25, 0.3) is 0 Å². The summed E-state index contributed by atoms with van der Waals surface area (Å²) in [4.78, 5) is 20.6. The van der Waals surface area contributed by atoms with Gasteiger partial charge in [0.15, 0.2) is 0 Å². The van der Waals surface area contributed by atoms with E-state index in [0.717, 1.165) is 0 Å². The Kier molecular flexibility index (Phi) is 3.46. The lowest BCUT2D eigenvalue weighted by Gasteiger charge is -2.04. The van der Waals surface area contributed by atoms with Crippen LogP contribution in [0.3, 0.4) is 0 Å². The molecule has 3 N–H and O–H groups in total. The van der Waals surface area contributed by atoms with E-state index in [1.54, 1.807) is 6.92 Å². The fourth-order valence-electron chi connectivity index (χ4n) is 0.676. The van der Waals surface area contributed by atoms with E-state index >= 15 is 0 Å². The normalized spacial score (nSPS) is 12.5. The van der Waals surface area contributed by atoms with Crippen LogP contribution in [-0.4, -0.2) is 17.0 Å². The molecule has 10 heavy (non-hydrogen) atoms. The zero-order valence-electron chi connectivity index (χ0n) is 5.83. The van der Waals surface area contributed by atoms with E-state index in [2.05, 4.69) is 0 Å². The predicted molar refractivity (Wildman–Crippen MR) is 35.2 cm³/mol. The molecule has 0 aliphatic carbocycles. The Labute approximate surface area is 59.0 Å². The van der Waals surface area contributed by atoms with E-state index < -0.39 is 17.8 Å². The van der Waals surface area contributed by atoms with Crippen LogP contribution in [-0.2, 0) is 9.59 Å². The molecule has 0 unspecified atom stereocenters. The van der Waals surface area contributed by atoms with Crippen LogP contribution in [0.25, 0.3) is 0 Å². The Morgan fingerprint density at radius 1 is 1.60 bits per heavy atom. The minimum Gasteiger partial charge on any atom is -0.481 e. The maximum Gasteiger partial charge on any atom is 0.316 e. The Bertz CT molecular complexity index is 130. The van der Waals surface area contributed by atoms with Crippen molar-refractivity contribution < 1.29 is 14.7 Å². The van der Waals surface area contributed by atoms with Crippen molar-refractivity contribution in [1.82, 2.24) is 0 Å². The van der Waals surface area contributed by atoms with Crippen molar-refractivity contribution in [1.29, 1.82) is 0 Å². The van der Waals surface area contributed by atoms with Gasteiger partial charge >= 0.3 is 5.97 Å². The van der Waals surface area contributed by atoms with Crippen molar-refractivity contribution in [3.05, 3.63) is 0 Å². The second kappa shape index (κ2) is 3.87. The van der Waals surface area contributed by atoms with E-state index in [0.29, 0.717) is 12.8 Å². The molecule has 0 aromatic carbocycles. The highest BCUT2D eigenvalue weighted by atomic mass is 16.4. The van der Waals surface area contributed by atoms with Crippen molar-refractivity contribution >= 4 is 11.9 Å². The summed E-state index contributed by atoms with van der Waals surface area (Å²) in [6, 6.07) is 0. The van der Waals surface area contributed by atoms with Crippen LogP contribution in [0, 0.1) is 5.92 Å². The second-order valence-electron chi connectivity index (χ2n) is 2.08. The molecule has 4 heteroatoms. The molecule has 0 aromatic rings. The molecule has 58 valence electrons. The Morgan fingerprint density at radius 2 is 2.10 bits per heavy atom. The molecule has 0 radical (unpaired) electrons. The summed E-state index contributed by atoms with van der Waals surface area (Å²) in [6.07, 6.45) is 0.977. The molecule has 0 saturated carbocycles. The van der Waals surface area contributed by atoms with Gasteiger partial charge in [0.05, 0.1) is 0 Å². The highest BCUT2D eigenvalue weighted by Crippen LogP contribution is 2.04. The van der Waals surface area contributed by atoms with Crippen molar-refractivity contribution in [2.24, 2.45) is 11.7 Å². The Balaban J connectivity index is 3.98. The number of carbonyl (C=O) groups excluding carboxylic acids is 1. The van der Waals surface area contributed by atoms with Gasteiger partial charge in [0.1, 0.15) is 5.92 Å². The van der Waals surface area contributed by atoms with Gasteiger partial charge in [0, 0.05) is 0 Å². The van der Waals surface area contributed by atoms with E-state index in [4.69, 9.17) is 10.8 Å². The van der Waals surface area contributed by atoms with Gasteiger partial charge < -0.3 is 10.8 Å². The number of aliphatic carboxylic acids is 1. The fraction of sp³-hybridized carbons (Fsp3) is 0.667. The average Bonchev–Trinajstić information content (AvgIpc) is 1.81. The van der Waals surface area contributed by atoms with Gasteiger partial charge in [-0.05, 0) is 6.42 Å². The number of carboxylic acids is 1. The first-order valence-corrected chi connectivity index (χ1v) is 3.11. The molecule has 0 bridgehead atoms. The van der Waals surface area contributed by atoms with Crippen LogP contribution in [0.4, 0.5) is 0 Å². The molecule has 0 aliphatic heterocycles. The lowest BCUT2D eigenvalue weighted by molar-refractivity contribution is -0.146. The summed E-state index contributed by atoms with van der Waals surface area (Å²) in [5, 5.41) is 8.37. The standard InChI is InChI=1S/C6H11NO3/c1-2-3-4(5(7)8)6(9)10/h4H,2-3H2,1H3,(H2,7,8)(H,9,10)/t4-/m0/s1. The molecule has 0 saturated heterocycles. The molecule has 1 amide bonds. The summed E-state index contributed by atoms with van der Waals surface area (Å²) >= 11 is 0. The first-order chi connectivity index (χ1) is 4.59. The van der Waals surface area contributed by atoms with E-state index in [-0.39, 0.29) is 0 Å². The van der Waals surface area contributed by atoms with Crippen LogP contribution in [0.1, 0.15) is 19.8 Å². The molecule has 0 heterocycles. The van der Waals surface area contributed by atoms with Gasteiger partial charge in [-0.2, -0.15) is 0 Å². The van der Waals surface area contributed by atoms with Crippen LogP contribution < -0.4 is 5.73 Å². The van der Waals surface area contributed by atoms with Gasteiger partial charge in [-0.3, -0.25) is 9.59 Å². The highest BCUT2D eigenvalue weighted by molar-refractivity contribution is 5.95. The number of amides is 1. The molecule has 0 rings (SSSR count). The number of nitrogens with two attached hydrogens (primary N) is 1. The lowest BCUT2D eigenvalue weighted by Crippen LogP contribution is -2.29. The van der Waals surface area contributed by atoms with Crippen molar-refractivity contribution in [3.63, 3.8) is 0 Å². The summed E-state index contributed by atoms with van der Waals surface area (Å²) in [7, 11) is 0. The number of primary amides is 1. The maximum absolute atomic E-state index is 10.4. The van der Waals surface area contributed by atoms with Gasteiger partial charge in [-0.25, -0.2) is 0 Å². The smallest absolute Gasteiger partial charge is 0.316 e. The molecule has 0 spiro atoms. The van der Waals surface area contributed by atoms with Gasteiger partial charge in [0.2, 0.25) is 5.91 Å². The zero-order valence-corrected chi connectivity index (χ0v) is 5.83. The first kappa shape index (κ1) is 8.94. The fourth-order valence-corrected chi connectivity index (χ4v) is 0.676. The minimum atomic E-state index is -1.13. The first-order valence-electron chi connectivity index (χ1n) is 3.11. The van der Waals surface area contributed by atoms with Crippen molar-refractivity contribution in [2.45, 2.75) is 19.8 Å². The highest BCUT2D eigenvalue weighted by Gasteiger charge is 2.21. The van der Waals surface area contributed by atoms with E-state index in [1.807, 2.05) is 0 Å². The maximum atomic E-state index is 10.4. The van der Waals surface area contributed by atoms with Gasteiger partial charge in [-0.15, -0.1) is 0 Å². The average molecular weight is 145 g/mol. The molecule has 4 nitrogen and oxygen atoms in total. The van der Waals surface area contributed by atoms with E-state index in [9.17, 15) is 9.59 Å². The molecular formula is C6H11NO3. The van der Waals surface area contributed by atoms with Gasteiger partial charge in [-0.1, -0.05) is 13.3 Å². The summed E-state index contributed by atoms with van der Waals surface area (Å²) < 4.78 is 0. The Morgan fingerprint density at radius 3 is 2.20 bits per heavy atom. The van der Waals surface area contributed by atoms with Crippen molar-refractivity contribution in [2.75, 3.05) is 0 Å². The third kappa shape index (κ3) is 2.48. The third-order valence-electron chi connectivity index (χ3n) is 1.22. The second-order valence-corrected chi connectivity index (χ2v) is 2.08. The zero-order chi connectivity index (χ0) is 8.15. The number of carboxylic acid groups (broad SMARTS) is 1. The van der Waals surface area contributed by atoms with Crippen molar-refractivity contribution in [3.8, 4) is 0 Å². The topological polar surface area (TPSA) is 80.4 Å². The summed E-state index contributed by atoms with van der Waals surface area (Å²) in [5.41, 5.74) is 4.80. The quantitative estimate of drug-likeness (QED) is 0.545. The SMILES string of the molecule is CCC[C@@H](C(N)=O)C(=O)O. The van der Waals surface area contributed by atoms with E-state index in [1.165, 1.54) is 0 Å². The number of carbonyl (C=O) groups is 2. The van der Waals surface area contributed by atoms with Crippen LogP contribution >= 0.6 is 0 Å². The van der Waals surface area contributed by atoms with Crippen LogP contribution in [0.15, 0.2) is 0 Å². The summed E-state index contributed by atoms with van der Waals surface area (Å²) in [6.45, 7) is 1.80. The molecule has 0 aliphatic rings. The molecule has 0 aromatic heterocycles. The third-order valence-corrected chi connectivity index (χ3v) is 1.22. The number of hydrogen-bond acceptors (Lipinski definition) is 2. The predicted octanol–water partition coefficient (Wildman–Crippen LogP) is -0.0274. The minimum absolute atomic E-state index is 0.324. The lowest BCUT2D eigenvalue weighted by atomic mass is 10.0. The van der Waals surface area contributed by atoms with Crippen LogP contribution in [0.5, 0.6) is 0 Å². The van der Waals surface area contributed by atoms with Crippen LogP contribution in [0.2, 0.25) is 0 Å². The largest absolute Gasteiger partial charge is 0.481 e. The Hall–Kier alpha value is -1.06. The number of rotatable bonds is 4. The molecule has 1 atom stereocenters. The monoisotopic (exact) mass is 145 g/mol. The molecule has 0 fully saturated rings.